The molecule has 30 heavy (non-hydrogen) atoms. The first-order valence-electron chi connectivity index (χ1n) is 9.40. The van der Waals surface area contributed by atoms with Gasteiger partial charge in [0.1, 0.15) is 0 Å². The molecule has 3 aromatic rings. The Bertz CT molecular complexity index is 1230. The summed E-state index contributed by atoms with van der Waals surface area (Å²) >= 11 is 0. The number of likely N-dealkylation sites (N-methyl/N-ethyl adjacent to an activating group) is 1. The van der Waals surface area contributed by atoms with Crippen LogP contribution < -0.4 is 10.3 Å². The van der Waals surface area contributed by atoms with Crippen molar-refractivity contribution in [2.45, 2.75) is 13.5 Å². The smallest absolute Gasteiger partial charge is 0.274 e. The lowest BCUT2D eigenvalue weighted by Gasteiger charge is -2.17. The minimum Gasteiger partial charge on any atom is -0.297 e. The monoisotopic (exact) mass is 428 g/mol. The molecule has 0 atom stereocenters. The molecule has 0 saturated carbocycles. The number of Topliss-reactive ketones (excluding diaryl/α,β-unsaturated/α-hetero) is 1. The van der Waals surface area contributed by atoms with Gasteiger partial charge in [0, 0.05) is 23.2 Å². The van der Waals surface area contributed by atoms with Gasteiger partial charge in [-0.05, 0) is 44.3 Å². The summed E-state index contributed by atoms with van der Waals surface area (Å²) in [6, 6.07) is 13.7. The minimum atomic E-state index is -3.36. The predicted octanol–water partition coefficient (Wildman–Crippen LogP) is 1.89. The summed E-state index contributed by atoms with van der Waals surface area (Å²) in [6.45, 7) is 2.88. The molecule has 0 spiro atoms. The van der Waals surface area contributed by atoms with Crippen molar-refractivity contribution in [2.24, 2.45) is 0 Å². The molecule has 8 nitrogen and oxygen atoms in total. The molecule has 0 amide bonds. The van der Waals surface area contributed by atoms with Gasteiger partial charge in [0.2, 0.25) is 10.0 Å². The number of aromatic nitrogens is 2. The van der Waals surface area contributed by atoms with Crippen LogP contribution in [0, 0.1) is 6.92 Å². The van der Waals surface area contributed by atoms with Gasteiger partial charge in [-0.15, -0.1) is 0 Å². The third kappa shape index (κ3) is 5.31. The molecule has 1 heterocycles. The predicted molar refractivity (Wildman–Crippen MR) is 117 cm³/mol. The van der Waals surface area contributed by atoms with Crippen molar-refractivity contribution in [1.29, 1.82) is 0 Å². The van der Waals surface area contributed by atoms with Gasteiger partial charge in [0.25, 0.3) is 5.56 Å². The Morgan fingerprint density at radius 2 is 1.73 bits per heavy atom. The summed E-state index contributed by atoms with van der Waals surface area (Å²) in [4.78, 5) is 27.0. The number of sulfonamides is 1. The van der Waals surface area contributed by atoms with Gasteiger partial charge in [-0.1, -0.05) is 18.2 Å². The topological polar surface area (TPSA) is 101 Å². The van der Waals surface area contributed by atoms with Gasteiger partial charge in [-0.25, -0.2) is 13.1 Å². The van der Waals surface area contributed by atoms with E-state index in [1.54, 1.807) is 37.4 Å². The number of nitrogens with zero attached hydrogens (tertiary/aromatic N) is 3. The molecule has 2 aromatic carbocycles. The van der Waals surface area contributed by atoms with Crippen molar-refractivity contribution in [1.82, 2.24) is 14.7 Å². The van der Waals surface area contributed by atoms with Gasteiger partial charge in [0.15, 0.2) is 5.78 Å². The van der Waals surface area contributed by atoms with E-state index in [4.69, 9.17) is 0 Å². The largest absolute Gasteiger partial charge is 0.297 e. The molecular formula is C21H24N4O4S. The van der Waals surface area contributed by atoms with Crippen LogP contribution in [0.3, 0.4) is 0 Å². The SMILES string of the molecule is Cc1nn(CCN(C)CC(=O)c2ccc(NS(C)(=O)=O)cc2)c(=O)c2ccccc12. The van der Waals surface area contributed by atoms with E-state index in [1.807, 2.05) is 30.0 Å². The van der Waals surface area contributed by atoms with E-state index in [1.165, 1.54) is 4.68 Å². The van der Waals surface area contributed by atoms with E-state index < -0.39 is 10.0 Å². The molecule has 158 valence electrons. The molecule has 0 aliphatic heterocycles. The van der Waals surface area contributed by atoms with Crippen LogP contribution in [0.4, 0.5) is 5.69 Å². The second-order valence-electron chi connectivity index (χ2n) is 7.27. The molecule has 0 aliphatic rings. The fourth-order valence-electron chi connectivity index (χ4n) is 3.18. The standard InChI is InChI=1S/C21H24N4O4S/c1-15-18-6-4-5-7-19(18)21(27)25(22-15)13-12-24(2)14-20(26)16-8-10-17(11-9-16)23-30(3,28)29/h4-11,23H,12-14H2,1-3H3. The highest BCUT2D eigenvalue weighted by Gasteiger charge is 2.12. The highest BCUT2D eigenvalue weighted by molar-refractivity contribution is 7.92. The van der Waals surface area contributed by atoms with Crippen molar-refractivity contribution in [2.75, 3.05) is 31.1 Å². The molecule has 3 rings (SSSR count). The van der Waals surface area contributed by atoms with Crippen molar-refractivity contribution in [3.8, 4) is 0 Å². The maximum absolute atomic E-state index is 12.6. The molecule has 0 saturated heterocycles. The summed E-state index contributed by atoms with van der Waals surface area (Å²) in [7, 11) is -1.56. The first-order valence-corrected chi connectivity index (χ1v) is 11.3. The summed E-state index contributed by atoms with van der Waals surface area (Å²) in [6.07, 6.45) is 1.07. The number of hydrogen-bond donors (Lipinski definition) is 1. The highest BCUT2D eigenvalue weighted by atomic mass is 32.2. The lowest BCUT2D eigenvalue weighted by Crippen LogP contribution is -2.33. The summed E-state index contributed by atoms with van der Waals surface area (Å²) in [5.74, 6) is -0.0987. The highest BCUT2D eigenvalue weighted by Crippen LogP contribution is 2.13. The Labute approximate surface area is 175 Å². The minimum absolute atomic E-state index is 0.0987. The normalized spacial score (nSPS) is 11.7. The van der Waals surface area contributed by atoms with Crippen molar-refractivity contribution in [3.63, 3.8) is 0 Å². The number of nitrogens with one attached hydrogen (secondary N) is 1. The zero-order chi connectivity index (χ0) is 21.9. The average molecular weight is 429 g/mol. The first-order chi connectivity index (χ1) is 14.1. The van der Waals surface area contributed by atoms with Crippen LogP contribution in [0.15, 0.2) is 53.3 Å². The van der Waals surface area contributed by atoms with Crippen LogP contribution in [0.1, 0.15) is 16.1 Å². The van der Waals surface area contributed by atoms with E-state index in [2.05, 4.69) is 9.82 Å². The lowest BCUT2D eigenvalue weighted by atomic mass is 10.1. The van der Waals surface area contributed by atoms with Crippen molar-refractivity contribution in [3.05, 3.63) is 70.1 Å². The lowest BCUT2D eigenvalue weighted by molar-refractivity contribution is 0.0943. The molecule has 0 bridgehead atoms. The number of carbonyl (C=O) groups excluding carboxylic acids is 1. The van der Waals surface area contributed by atoms with Crippen LogP contribution in [0.25, 0.3) is 10.8 Å². The zero-order valence-corrected chi connectivity index (χ0v) is 17.9. The van der Waals surface area contributed by atoms with Gasteiger partial charge in [-0.2, -0.15) is 5.10 Å². The van der Waals surface area contributed by atoms with E-state index in [-0.39, 0.29) is 17.9 Å². The van der Waals surface area contributed by atoms with Crippen LogP contribution in [-0.2, 0) is 16.6 Å². The van der Waals surface area contributed by atoms with Crippen molar-refractivity contribution >= 4 is 32.3 Å². The molecule has 9 heteroatoms. The molecular weight excluding hydrogens is 404 g/mol. The Hall–Kier alpha value is -3.04. The van der Waals surface area contributed by atoms with Crippen LogP contribution in [-0.4, -0.2) is 55.3 Å². The Morgan fingerprint density at radius 1 is 1.10 bits per heavy atom. The number of carbonyl (C=O) groups is 1. The van der Waals surface area contributed by atoms with Crippen LogP contribution in [0.2, 0.25) is 0 Å². The first kappa shape index (κ1) is 21.7. The van der Waals surface area contributed by atoms with E-state index in [9.17, 15) is 18.0 Å². The van der Waals surface area contributed by atoms with Gasteiger partial charge >= 0.3 is 0 Å². The maximum Gasteiger partial charge on any atom is 0.274 e. The quantitative estimate of drug-likeness (QED) is 0.550. The van der Waals surface area contributed by atoms with Crippen LogP contribution in [0.5, 0.6) is 0 Å². The molecule has 0 unspecified atom stereocenters. The third-order valence-electron chi connectivity index (χ3n) is 4.67. The third-order valence-corrected chi connectivity index (χ3v) is 5.28. The Morgan fingerprint density at radius 3 is 2.37 bits per heavy atom. The van der Waals surface area contributed by atoms with E-state index in [0.717, 1.165) is 17.3 Å². The Balaban J connectivity index is 1.63. The van der Waals surface area contributed by atoms with Gasteiger partial charge < -0.3 is 0 Å². The molecule has 0 radical (unpaired) electrons. The number of aryl methyl sites for hydroxylation is 1. The zero-order valence-electron chi connectivity index (χ0n) is 17.1. The molecule has 1 N–H and O–H groups in total. The second kappa shape index (κ2) is 8.76. The van der Waals surface area contributed by atoms with Crippen molar-refractivity contribution < 1.29 is 13.2 Å². The fraction of sp³-hybridized carbons (Fsp3) is 0.286. The van der Waals surface area contributed by atoms with E-state index >= 15 is 0 Å². The summed E-state index contributed by atoms with van der Waals surface area (Å²) in [5.41, 5.74) is 1.52. The Kier molecular flexibility index (Phi) is 6.33. The number of ketones is 1. The number of anilines is 1. The molecule has 1 aromatic heterocycles. The fourth-order valence-corrected chi connectivity index (χ4v) is 3.74. The maximum atomic E-state index is 12.6. The number of benzene rings is 2. The molecule has 0 fully saturated rings. The van der Waals surface area contributed by atoms with Gasteiger partial charge in [0.05, 0.1) is 30.4 Å². The average Bonchev–Trinajstić information content (AvgIpc) is 2.69. The number of hydrogen-bond acceptors (Lipinski definition) is 6. The summed E-state index contributed by atoms with van der Waals surface area (Å²) < 4.78 is 26.3. The van der Waals surface area contributed by atoms with Crippen LogP contribution >= 0.6 is 0 Å². The second-order valence-corrected chi connectivity index (χ2v) is 9.02. The van der Waals surface area contributed by atoms with E-state index in [0.29, 0.717) is 29.7 Å². The number of fused-ring (bicyclic) bond motifs is 1. The number of rotatable bonds is 8. The summed E-state index contributed by atoms with van der Waals surface area (Å²) in [5, 5.41) is 5.86. The van der Waals surface area contributed by atoms with Gasteiger partial charge in [-0.3, -0.25) is 19.2 Å². The molecule has 0 aliphatic carbocycles.